The summed E-state index contributed by atoms with van der Waals surface area (Å²) >= 11 is 0. The highest BCUT2D eigenvalue weighted by Crippen LogP contribution is 2.37. The first kappa shape index (κ1) is 12.9. The molecule has 2 aliphatic carbocycles. The van der Waals surface area contributed by atoms with E-state index < -0.39 is 11.4 Å². The fraction of sp³-hybridized carbons (Fsp3) is 0.929. The quantitative estimate of drug-likeness (QED) is 0.767. The van der Waals surface area contributed by atoms with Gasteiger partial charge in [-0.2, -0.15) is 0 Å². The Kier molecular flexibility index (Phi) is 4.08. The van der Waals surface area contributed by atoms with Crippen molar-refractivity contribution in [1.82, 2.24) is 4.90 Å². The molecule has 0 heterocycles. The zero-order valence-electron chi connectivity index (χ0n) is 11.0. The second-order valence-electron chi connectivity index (χ2n) is 6.00. The summed E-state index contributed by atoms with van der Waals surface area (Å²) < 4.78 is 0. The van der Waals surface area contributed by atoms with E-state index in [9.17, 15) is 9.90 Å². The molecule has 0 aromatic rings. The molecule has 0 amide bonds. The first-order valence-electron chi connectivity index (χ1n) is 7.08. The smallest absolute Gasteiger partial charge is 0.310 e. The lowest BCUT2D eigenvalue weighted by atomic mass is 9.78. The van der Waals surface area contributed by atoms with Gasteiger partial charge < -0.3 is 10.0 Å². The second kappa shape index (κ2) is 5.38. The van der Waals surface area contributed by atoms with Crippen LogP contribution in [0.1, 0.15) is 57.8 Å². The Morgan fingerprint density at radius 3 is 2.18 bits per heavy atom. The van der Waals surface area contributed by atoms with E-state index in [0.29, 0.717) is 6.04 Å². The molecule has 2 aliphatic rings. The molecule has 0 aromatic heterocycles. The van der Waals surface area contributed by atoms with Crippen molar-refractivity contribution in [3.05, 3.63) is 0 Å². The van der Waals surface area contributed by atoms with E-state index in [1.807, 2.05) is 0 Å². The Balaban J connectivity index is 2.01. The minimum atomic E-state index is -0.564. The van der Waals surface area contributed by atoms with Crippen LogP contribution >= 0.6 is 0 Å². The van der Waals surface area contributed by atoms with Crippen LogP contribution in [0, 0.1) is 5.41 Å². The lowest BCUT2D eigenvalue weighted by Gasteiger charge is -2.40. The molecule has 98 valence electrons. The third-order valence-corrected chi connectivity index (χ3v) is 4.76. The van der Waals surface area contributed by atoms with Gasteiger partial charge in [0.25, 0.3) is 0 Å². The standard InChI is InChI=1S/C14H25NO2/c1-15(12-7-6-8-12)11-14(13(16)17)9-4-2-3-5-10-14/h12H,2-11H2,1H3,(H,16,17). The Morgan fingerprint density at radius 1 is 1.18 bits per heavy atom. The van der Waals surface area contributed by atoms with Gasteiger partial charge in [-0.15, -0.1) is 0 Å². The van der Waals surface area contributed by atoms with E-state index >= 15 is 0 Å². The Hall–Kier alpha value is -0.570. The summed E-state index contributed by atoms with van der Waals surface area (Å²) in [6, 6.07) is 0.648. The lowest BCUT2D eigenvalue weighted by molar-refractivity contribution is -0.151. The Labute approximate surface area is 104 Å². The minimum absolute atomic E-state index is 0.457. The normalized spacial score (nSPS) is 25.3. The van der Waals surface area contributed by atoms with Crippen LogP contribution in [0.25, 0.3) is 0 Å². The van der Waals surface area contributed by atoms with Gasteiger partial charge in [-0.3, -0.25) is 4.79 Å². The van der Waals surface area contributed by atoms with E-state index in [1.54, 1.807) is 0 Å². The summed E-state index contributed by atoms with van der Waals surface area (Å²) in [5, 5.41) is 9.61. The Bertz CT molecular complexity index is 265. The van der Waals surface area contributed by atoms with E-state index in [4.69, 9.17) is 0 Å². The summed E-state index contributed by atoms with van der Waals surface area (Å²) in [4.78, 5) is 14.0. The van der Waals surface area contributed by atoms with Crippen molar-refractivity contribution in [3.8, 4) is 0 Å². The van der Waals surface area contributed by atoms with E-state index in [0.717, 1.165) is 32.2 Å². The topological polar surface area (TPSA) is 40.5 Å². The number of rotatable bonds is 4. The van der Waals surface area contributed by atoms with Crippen LogP contribution in [-0.4, -0.2) is 35.6 Å². The molecule has 0 aromatic carbocycles. The van der Waals surface area contributed by atoms with Gasteiger partial charge in [0.15, 0.2) is 0 Å². The van der Waals surface area contributed by atoms with Crippen LogP contribution in [0.5, 0.6) is 0 Å². The molecule has 3 nitrogen and oxygen atoms in total. The second-order valence-corrected chi connectivity index (χ2v) is 6.00. The van der Waals surface area contributed by atoms with Crippen molar-refractivity contribution >= 4 is 5.97 Å². The van der Waals surface area contributed by atoms with Crippen molar-refractivity contribution in [2.75, 3.05) is 13.6 Å². The zero-order valence-corrected chi connectivity index (χ0v) is 11.0. The molecule has 2 saturated carbocycles. The summed E-state index contributed by atoms with van der Waals surface area (Å²) in [5.74, 6) is -0.564. The average molecular weight is 239 g/mol. The van der Waals surface area contributed by atoms with E-state index in [-0.39, 0.29) is 0 Å². The fourth-order valence-corrected chi connectivity index (χ4v) is 3.28. The molecule has 2 fully saturated rings. The maximum atomic E-state index is 11.7. The largest absolute Gasteiger partial charge is 0.481 e. The predicted molar refractivity (Wildman–Crippen MR) is 68.0 cm³/mol. The van der Waals surface area contributed by atoms with Gasteiger partial charge >= 0.3 is 5.97 Å². The van der Waals surface area contributed by atoms with Crippen LogP contribution in [-0.2, 0) is 4.79 Å². The SMILES string of the molecule is CN(CC1(C(=O)O)CCCCCC1)C1CCC1. The molecule has 17 heavy (non-hydrogen) atoms. The predicted octanol–water partition coefficient (Wildman–Crippen LogP) is 2.90. The third kappa shape index (κ3) is 2.82. The highest BCUT2D eigenvalue weighted by Gasteiger charge is 2.41. The molecule has 2 rings (SSSR count). The van der Waals surface area contributed by atoms with Crippen LogP contribution in [0.4, 0.5) is 0 Å². The molecule has 0 spiro atoms. The van der Waals surface area contributed by atoms with Gasteiger partial charge in [0.05, 0.1) is 5.41 Å². The van der Waals surface area contributed by atoms with Crippen molar-refractivity contribution in [2.24, 2.45) is 5.41 Å². The number of aliphatic carboxylic acids is 1. The summed E-state index contributed by atoms with van der Waals surface area (Å²) in [5.41, 5.74) is -0.457. The molecular weight excluding hydrogens is 214 g/mol. The van der Waals surface area contributed by atoms with E-state index in [2.05, 4.69) is 11.9 Å². The minimum Gasteiger partial charge on any atom is -0.481 e. The molecule has 0 unspecified atom stereocenters. The molecule has 0 bridgehead atoms. The van der Waals surface area contributed by atoms with Crippen LogP contribution in [0.2, 0.25) is 0 Å². The first-order chi connectivity index (χ1) is 8.14. The number of hydrogen-bond donors (Lipinski definition) is 1. The van der Waals surface area contributed by atoms with Crippen molar-refractivity contribution in [2.45, 2.75) is 63.8 Å². The summed E-state index contributed by atoms with van der Waals surface area (Å²) in [6.45, 7) is 0.757. The highest BCUT2D eigenvalue weighted by molar-refractivity contribution is 5.75. The van der Waals surface area contributed by atoms with Crippen LogP contribution < -0.4 is 0 Å². The number of hydrogen-bond acceptors (Lipinski definition) is 2. The first-order valence-corrected chi connectivity index (χ1v) is 7.08. The molecule has 1 N–H and O–H groups in total. The molecular formula is C14H25NO2. The van der Waals surface area contributed by atoms with Gasteiger partial charge in [-0.05, 0) is 32.7 Å². The average Bonchev–Trinajstić information content (AvgIpc) is 2.41. The Morgan fingerprint density at radius 2 is 1.76 bits per heavy atom. The van der Waals surface area contributed by atoms with Crippen molar-refractivity contribution in [3.63, 3.8) is 0 Å². The van der Waals surface area contributed by atoms with Crippen molar-refractivity contribution in [1.29, 1.82) is 0 Å². The summed E-state index contributed by atoms with van der Waals surface area (Å²) in [7, 11) is 2.11. The summed E-state index contributed by atoms with van der Waals surface area (Å²) in [6.07, 6.45) is 10.2. The third-order valence-electron chi connectivity index (χ3n) is 4.76. The van der Waals surface area contributed by atoms with Crippen LogP contribution in [0.3, 0.4) is 0 Å². The molecule has 0 aliphatic heterocycles. The van der Waals surface area contributed by atoms with Gasteiger partial charge in [0.2, 0.25) is 0 Å². The number of carbonyl (C=O) groups is 1. The number of carboxylic acids is 1. The van der Waals surface area contributed by atoms with Gasteiger partial charge in [0, 0.05) is 12.6 Å². The zero-order chi connectivity index (χ0) is 12.3. The number of nitrogens with zero attached hydrogens (tertiary/aromatic N) is 1. The van der Waals surface area contributed by atoms with Gasteiger partial charge in [0.1, 0.15) is 0 Å². The van der Waals surface area contributed by atoms with Crippen LogP contribution in [0.15, 0.2) is 0 Å². The van der Waals surface area contributed by atoms with Crippen molar-refractivity contribution < 1.29 is 9.90 Å². The van der Waals surface area contributed by atoms with E-state index in [1.165, 1.54) is 32.1 Å². The van der Waals surface area contributed by atoms with Gasteiger partial charge in [-0.1, -0.05) is 32.1 Å². The fourth-order valence-electron chi connectivity index (χ4n) is 3.28. The monoisotopic (exact) mass is 239 g/mol. The lowest BCUT2D eigenvalue weighted by Crippen LogP contribution is -2.47. The molecule has 3 heteroatoms. The maximum Gasteiger partial charge on any atom is 0.310 e. The maximum absolute atomic E-state index is 11.7. The molecule has 0 saturated heterocycles. The molecule has 0 atom stereocenters. The number of carboxylic acid groups (broad SMARTS) is 1. The molecule has 0 radical (unpaired) electrons. The van der Waals surface area contributed by atoms with Gasteiger partial charge in [-0.25, -0.2) is 0 Å². The highest BCUT2D eigenvalue weighted by atomic mass is 16.4.